The summed E-state index contributed by atoms with van der Waals surface area (Å²) in [7, 11) is 0. The second-order valence-corrected chi connectivity index (χ2v) is 7.66. The summed E-state index contributed by atoms with van der Waals surface area (Å²) in [6.07, 6.45) is 4.52. The molecule has 0 atom stereocenters. The minimum absolute atomic E-state index is 0.0402. The Labute approximate surface area is 164 Å². The molecule has 4 rings (SSSR count). The normalized spacial score (nSPS) is 15.3. The summed E-state index contributed by atoms with van der Waals surface area (Å²) in [5, 5.41) is 12.4. The second-order valence-electron chi connectivity index (χ2n) is 7.66. The fourth-order valence-electron chi connectivity index (χ4n) is 3.62. The molecule has 2 aromatic heterocycles. The monoisotopic (exact) mass is 379 g/mol. The Balaban J connectivity index is 1.36. The Kier molecular flexibility index (Phi) is 5.23. The molecule has 146 valence electrons. The fraction of sp³-hybridized carbons (Fsp3) is 0.429. The molecule has 0 unspecified atom stereocenters. The van der Waals surface area contributed by atoms with Crippen molar-refractivity contribution in [3.05, 3.63) is 60.0 Å². The molecular weight excluding hydrogens is 354 g/mol. The number of amides is 1. The number of hydrogen-bond donors (Lipinski definition) is 0. The number of para-hydroxylation sites is 1. The molecule has 1 amide bonds. The lowest BCUT2D eigenvalue weighted by molar-refractivity contribution is 0.0679. The van der Waals surface area contributed by atoms with Gasteiger partial charge in [0.1, 0.15) is 17.9 Å². The van der Waals surface area contributed by atoms with E-state index in [1.807, 2.05) is 41.5 Å². The van der Waals surface area contributed by atoms with Crippen molar-refractivity contribution >= 4 is 5.91 Å². The molecule has 1 aliphatic rings. The van der Waals surface area contributed by atoms with E-state index in [1.165, 1.54) is 0 Å². The number of benzene rings is 1. The first-order chi connectivity index (χ1) is 13.6. The van der Waals surface area contributed by atoms with Crippen LogP contribution in [0.3, 0.4) is 0 Å². The Hall–Kier alpha value is -2.96. The molecule has 0 bridgehead atoms. The highest BCUT2D eigenvalue weighted by Crippen LogP contribution is 2.24. The Morgan fingerprint density at radius 1 is 1.21 bits per heavy atom. The summed E-state index contributed by atoms with van der Waals surface area (Å²) >= 11 is 0. The lowest BCUT2D eigenvalue weighted by Crippen LogP contribution is -2.39. The van der Waals surface area contributed by atoms with Gasteiger partial charge in [0.2, 0.25) is 0 Å². The van der Waals surface area contributed by atoms with E-state index in [2.05, 4.69) is 27.5 Å². The predicted molar refractivity (Wildman–Crippen MR) is 104 cm³/mol. The Morgan fingerprint density at radius 3 is 2.64 bits per heavy atom. The van der Waals surface area contributed by atoms with Gasteiger partial charge in [0.15, 0.2) is 5.69 Å². The summed E-state index contributed by atoms with van der Waals surface area (Å²) in [5.41, 5.74) is 1.48. The summed E-state index contributed by atoms with van der Waals surface area (Å²) in [4.78, 5) is 14.6. The molecule has 7 heteroatoms. The molecular formula is C21H25N5O2. The second kappa shape index (κ2) is 7.96. The molecule has 1 fully saturated rings. The number of aromatic nitrogens is 4. The SMILES string of the molecule is CC(C)c1cc(C(=O)N2CCC(Cc3nncn3-c3ccccc3)CC2)no1. The van der Waals surface area contributed by atoms with Crippen LogP contribution in [0.4, 0.5) is 0 Å². The van der Waals surface area contributed by atoms with Gasteiger partial charge in [-0.05, 0) is 30.9 Å². The lowest BCUT2D eigenvalue weighted by Gasteiger charge is -2.31. The first-order valence-electron chi connectivity index (χ1n) is 9.82. The highest BCUT2D eigenvalue weighted by Gasteiger charge is 2.27. The highest BCUT2D eigenvalue weighted by molar-refractivity contribution is 5.92. The van der Waals surface area contributed by atoms with Crippen molar-refractivity contribution < 1.29 is 9.32 Å². The zero-order valence-electron chi connectivity index (χ0n) is 16.3. The number of carbonyl (C=O) groups excluding carboxylic acids is 1. The van der Waals surface area contributed by atoms with Crippen molar-refractivity contribution in [3.63, 3.8) is 0 Å². The van der Waals surface area contributed by atoms with Gasteiger partial charge in [0.25, 0.3) is 5.91 Å². The van der Waals surface area contributed by atoms with Gasteiger partial charge in [-0.1, -0.05) is 37.2 Å². The van der Waals surface area contributed by atoms with Crippen LogP contribution in [-0.2, 0) is 6.42 Å². The smallest absolute Gasteiger partial charge is 0.276 e. The van der Waals surface area contributed by atoms with Crippen molar-refractivity contribution in [2.75, 3.05) is 13.1 Å². The number of hydrogen-bond acceptors (Lipinski definition) is 5. The van der Waals surface area contributed by atoms with Gasteiger partial charge >= 0.3 is 0 Å². The van der Waals surface area contributed by atoms with Crippen LogP contribution in [-0.4, -0.2) is 43.8 Å². The van der Waals surface area contributed by atoms with E-state index in [0.717, 1.165) is 49.6 Å². The molecule has 28 heavy (non-hydrogen) atoms. The third-order valence-corrected chi connectivity index (χ3v) is 5.34. The van der Waals surface area contributed by atoms with E-state index in [0.29, 0.717) is 11.6 Å². The average Bonchev–Trinajstić information content (AvgIpc) is 3.39. The van der Waals surface area contributed by atoms with Gasteiger partial charge in [-0.15, -0.1) is 10.2 Å². The molecule has 3 heterocycles. The maximum atomic E-state index is 12.7. The molecule has 0 N–H and O–H groups in total. The van der Waals surface area contributed by atoms with Crippen LogP contribution < -0.4 is 0 Å². The highest BCUT2D eigenvalue weighted by atomic mass is 16.5. The summed E-state index contributed by atoms with van der Waals surface area (Å²) in [6, 6.07) is 11.9. The minimum Gasteiger partial charge on any atom is -0.360 e. The summed E-state index contributed by atoms with van der Waals surface area (Å²) < 4.78 is 7.31. The number of piperidine rings is 1. The fourth-order valence-corrected chi connectivity index (χ4v) is 3.62. The van der Waals surface area contributed by atoms with Crippen molar-refractivity contribution in [1.29, 1.82) is 0 Å². The number of carbonyl (C=O) groups is 1. The number of nitrogens with zero attached hydrogens (tertiary/aromatic N) is 5. The average molecular weight is 379 g/mol. The standard InChI is InChI=1S/C21H25N5O2/c1-15(2)19-13-18(24-28-19)21(27)25-10-8-16(9-11-25)12-20-23-22-14-26(20)17-6-4-3-5-7-17/h3-7,13-16H,8-12H2,1-2H3. The van der Waals surface area contributed by atoms with Gasteiger partial charge in [0.05, 0.1) is 0 Å². The third kappa shape index (κ3) is 3.83. The van der Waals surface area contributed by atoms with E-state index >= 15 is 0 Å². The maximum Gasteiger partial charge on any atom is 0.276 e. The largest absolute Gasteiger partial charge is 0.360 e. The quantitative estimate of drug-likeness (QED) is 0.678. The Morgan fingerprint density at radius 2 is 1.96 bits per heavy atom. The van der Waals surface area contributed by atoms with Gasteiger partial charge in [-0.3, -0.25) is 9.36 Å². The third-order valence-electron chi connectivity index (χ3n) is 5.34. The molecule has 1 aliphatic heterocycles. The van der Waals surface area contributed by atoms with E-state index in [4.69, 9.17) is 4.52 Å². The first kappa shape index (κ1) is 18.4. The number of likely N-dealkylation sites (tertiary alicyclic amines) is 1. The lowest BCUT2D eigenvalue weighted by atomic mass is 9.93. The molecule has 0 spiro atoms. The van der Waals surface area contributed by atoms with Crippen molar-refractivity contribution in [2.45, 2.75) is 39.0 Å². The molecule has 0 aliphatic carbocycles. The van der Waals surface area contributed by atoms with Gasteiger partial charge < -0.3 is 9.42 Å². The maximum absolute atomic E-state index is 12.7. The van der Waals surface area contributed by atoms with Crippen LogP contribution >= 0.6 is 0 Å². The van der Waals surface area contributed by atoms with Gasteiger partial charge in [-0.25, -0.2) is 0 Å². The summed E-state index contributed by atoms with van der Waals surface area (Å²) in [6.45, 7) is 5.50. The van der Waals surface area contributed by atoms with Crippen LogP contribution in [0.15, 0.2) is 47.2 Å². The van der Waals surface area contributed by atoms with E-state index in [1.54, 1.807) is 12.4 Å². The van der Waals surface area contributed by atoms with Crippen LogP contribution in [0.2, 0.25) is 0 Å². The number of rotatable bonds is 5. The van der Waals surface area contributed by atoms with Crippen molar-refractivity contribution in [3.8, 4) is 5.69 Å². The van der Waals surface area contributed by atoms with Crippen LogP contribution in [0.1, 0.15) is 54.7 Å². The molecule has 1 aromatic carbocycles. The van der Waals surface area contributed by atoms with Crippen molar-refractivity contribution in [2.24, 2.45) is 5.92 Å². The Bertz CT molecular complexity index is 923. The zero-order chi connectivity index (χ0) is 19.5. The predicted octanol–water partition coefficient (Wildman–Crippen LogP) is 3.47. The van der Waals surface area contributed by atoms with Crippen LogP contribution in [0.25, 0.3) is 5.69 Å². The molecule has 1 saturated heterocycles. The summed E-state index contributed by atoms with van der Waals surface area (Å²) in [5.74, 6) is 2.38. The van der Waals surface area contributed by atoms with E-state index in [9.17, 15) is 4.79 Å². The zero-order valence-corrected chi connectivity index (χ0v) is 16.3. The van der Waals surface area contributed by atoms with E-state index in [-0.39, 0.29) is 11.8 Å². The molecule has 3 aromatic rings. The van der Waals surface area contributed by atoms with Gasteiger partial charge in [0, 0.05) is 37.2 Å². The minimum atomic E-state index is -0.0402. The molecule has 7 nitrogen and oxygen atoms in total. The van der Waals surface area contributed by atoms with Crippen LogP contribution in [0.5, 0.6) is 0 Å². The topological polar surface area (TPSA) is 77.1 Å². The molecule has 0 radical (unpaired) electrons. The molecule has 0 saturated carbocycles. The van der Waals surface area contributed by atoms with E-state index < -0.39 is 0 Å². The van der Waals surface area contributed by atoms with Crippen LogP contribution in [0, 0.1) is 5.92 Å². The first-order valence-corrected chi connectivity index (χ1v) is 9.82. The van der Waals surface area contributed by atoms with Crippen molar-refractivity contribution in [1.82, 2.24) is 24.8 Å². The van der Waals surface area contributed by atoms with Gasteiger partial charge in [-0.2, -0.15) is 0 Å².